The molecule has 1 aliphatic rings. The summed E-state index contributed by atoms with van der Waals surface area (Å²) in [7, 11) is -3.68. The summed E-state index contributed by atoms with van der Waals surface area (Å²) in [6, 6.07) is 9.60. The lowest BCUT2D eigenvalue weighted by Crippen LogP contribution is -2.13. The number of halogens is 1. The van der Waals surface area contributed by atoms with E-state index in [1.54, 1.807) is 24.3 Å². The van der Waals surface area contributed by atoms with Gasteiger partial charge >= 0.3 is 0 Å². The van der Waals surface area contributed by atoms with Crippen molar-refractivity contribution in [2.45, 2.75) is 37.0 Å². The van der Waals surface area contributed by atoms with Gasteiger partial charge in [-0.2, -0.15) is 0 Å². The van der Waals surface area contributed by atoms with Crippen molar-refractivity contribution in [1.29, 1.82) is 0 Å². The topological polar surface area (TPSA) is 71.1 Å². The summed E-state index contributed by atoms with van der Waals surface area (Å²) >= 11 is 5.86. The van der Waals surface area contributed by atoms with Crippen LogP contribution in [0, 0.1) is 0 Å². The molecule has 5 nitrogen and oxygen atoms in total. The molecule has 3 rings (SSSR count). The number of anilines is 2. The van der Waals surface area contributed by atoms with Gasteiger partial charge in [-0.15, -0.1) is 0 Å². The summed E-state index contributed by atoms with van der Waals surface area (Å²) in [5, 5.41) is 3.65. The van der Waals surface area contributed by atoms with Crippen molar-refractivity contribution in [1.82, 2.24) is 4.98 Å². The molecule has 1 aliphatic carbocycles. The predicted molar refractivity (Wildman–Crippen MR) is 106 cm³/mol. The summed E-state index contributed by atoms with van der Waals surface area (Å²) in [4.78, 5) is 4.39. The van der Waals surface area contributed by atoms with Gasteiger partial charge in [-0.25, -0.2) is 13.4 Å². The van der Waals surface area contributed by atoms with E-state index in [9.17, 15) is 8.42 Å². The maximum Gasteiger partial charge on any atom is 0.261 e. The number of sulfonamides is 1. The van der Waals surface area contributed by atoms with Crippen molar-refractivity contribution >= 4 is 33.1 Å². The fraction of sp³-hybridized carbons (Fsp3) is 0.316. The van der Waals surface area contributed by atoms with Crippen molar-refractivity contribution in [2.75, 3.05) is 16.6 Å². The van der Waals surface area contributed by atoms with Crippen molar-refractivity contribution in [2.24, 2.45) is 0 Å². The highest BCUT2D eigenvalue weighted by Gasteiger charge is 2.14. The van der Waals surface area contributed by atoms with Gasteiger partial charge in [0.25, 0.3) is 10.0 Å². The number of benzene rings is 1. The number of pyridine rings is 1. The van der Waals surface area contributed by atoms with Gasteiger partial charge in [0.05, 0.1) is 16.8 Å². The second-order valence-electron chi connectivity index (χ2n) is 6.28. The van der Waals surface area contributed by atoms with Crippen LogP contribution in [0.2, 0.25) is 5.02 Å². The summed E-state index contributed by atoms with van der Waals surface area (Å²) in [6.45, 7) is 0.826. The second kappa shape index (κ2) is 8.56. The largest absolute Gasteiger partial charge is 0.370 e. The van der Waals surface area contributed by atoms with E-state index in [-0.39, 0.29) is 4.90 Å². The molecule has 0 aliphatic heterocycles. The second-order valence-corrected chi connectivity index (χ2v) is 8.40. The third kappa shape index (κ3) is 5.22. The van der Waals surface area contributed by atoms with E-state index in [0.29, 0.717) is 10.7 Å². The molecule has 26 heavy (non-hydrogen) atoms. The number of allylic oxidation sites excluding steroid dienone is 1. The first-order valence-electron chi connectivity index (χ1n) is 8.69. The maximum atomic E-state index is 12.4. The zero-order valence-electron chi connectivity index (χ0n) is 14.4. The van der Waals surface area contributed by atoms with Crippen LogP contribution in [0.1, 0.15) is 32.1 Å². The third-order valence-electron chi connectivity index (χ3n) is 4.26. The molecule has 2 N–H and O–H groups in total. The molecule has 1 aromatic heterocycles. The smallest absolute Gasteiger partial charge is 0.261 e. The van der Waals surface area contributed by atoms with Crippen molar-refractivity contribution in [3.63, 3.8) is 0 Å². The average molecular weight is 392 g/mol. The van der Waals surface area contributed by atoms with Crippen LogP contribution in [0.15, 0.2) is 59.1 Å². The Morgan fingerprint density at radius 3 is 2.73 bits per heavy atom. The number of hydrogen-bond donors (Lipinski definition) is 2. The van der Waals surface area contributed by atoms with E-state index in [1.165, 1.54) is 49.6 Å². The zero-order valence-corrected chi connectivity index (χ0v) is 16.0. The number of rotatable bonds is 7. The molecule has 0 saturated heterocycles. The minimum atomic E-state index is -3.68. The van der Waals surface area contributed by atoms with Crippen molar-refractivity contribution < 1.29 is 8.42 Å². The van der Waals surface area contributed by atoms with Crippen LogP contribution >= 0.6 is 11.6 Å². The monoisotopic (exact) mass is 391 g/mol. The van der Waals surface area contributed by atoms with Crippen LogP contribution in [-0.4, -0.2) is 19.9 Å². The SMILES string of the molecule is O=S(=O)(Nc1ccc(NCCC2=CCCCC2)nc1)c1cccc(Cl)c1. The Hall–Kier alpha value is -2.05. The highest BCUT2D eigenvalue weighted by molar-refractivity contribution is 7.92. The number of hydrogen-bond acceptors (Lipinski definition) is 4. The van der Waals surface area contributed by atoms with E-state index in [0.717, 1.165) is 18.8 Å². The molecule has 0 saturated carbocycles. The molecule has 2 aromatic rings. The van der Waals surface area contributed by atoms with Crippen LogP contribution < -0.4 is 10.0 Å². The average Bonchev–Trinajstić information content (AvgIpc) is 2.64. The molecule has 0 radical (unpaired) electrons. The lowest BCUT2D eigenvalue weighted by molar-refractivity contribution is 0.601. The Kier molecular flexibility index (Phi) is 6.16. The van der Waals surface area contributed by atoms with Gasteiger partial charge in [0.2, 0.25) is 0 Å². The minimum absolute atomic E-state index is 0.118. The first-order chi connectivity index (χ1) is 12.5. The Morgan fingerprint density at radius 2 is 2.04 bits per heavy atom. The van der Waals surface area contributed by atoms with Crippen molar-refractivity contribution in [3.05, 3.63) is 59.3 Å². The number of nitrogens with one attached hydrogen (secondary N) is 2. The van der Waals surface area contributed by atoms with Gasteiger partial charge in [-0.05, 0) is 62.4 Å². The lowest BCUT2D eigenvalue weighted by Gasteiger charge is -2.13. The summed E-state index contributed by atoms with van der Waals surface area (Å²) < 4.78 is 27.2. The zero-order chi connectivity index (χ0) is 18.4. The summed E-state index contributed by atoms with van der Waals surface area (Å²) in [5.41, 5.74) is 1.92. The summed E-state index contributed by atoms with van der Waals surface area (Å²) in [6.07, 6.45) is 9.83. The lowest BCUT2D eigenvalue weighted by atomic mass is 9.97. The first kappa shape index (κ1) is 18.7. The Morgan fingerprint density at radius 1 is 1.15 bits per heavy atom. The van der Waals surface area contributed by atoms with Crippen LogP contribution in [-0.2, 0) is 10.0 Å². The Balaban J connectivity index is 1.56. The van der Waals surface area contributed by atoms with Gasteiger partial charge in [0, 0.05) is 11.6 Å². The fourth-order valence-electron chi connectivity index (χ4n) is 2.89. The van der Waals surface area contributed by atoms with Crippen LogP contribution in [0.5, 0.6) is 0 Å². The Bertz CT molecular complexity index is 880. The molecule has 1 heterocycles. The number of nitrogens with zero attached hydrogens (tertiary/aromatic N) is 1. The molecule has 1 aromatic carbocycles. The first-order valence-corrected chi connectivity index (χ1v) is 10.6. The predicted octanol–water partition coefficient (Wildman–Crippen LogP) is 4.84. The van der Waals surface area contributed by atoms with E-state index in [1.807, 2.05) is 0 Å². The fourth-order valence-corrected chi connectivity index (χ4v) is 4.23. The van der Waals surface area contributed by atoms with Gasteiger partial charge in [-0.1, -0.05) is 29.3 Å². The molecule has 0 bridgehead atoms. The molecule has 0 amide bonds. The highest BCUT2D eigenvalue weighted by atomic mass is 35.5. The van der Waals surface area contributed by atoms with Gasteiger partial charge < -0.3 is 5.32 Å². The van der Waals surface area contributed by atoms with E-state index < -0.39 is 10.0 Å². The van der Waals surface area contributed by atoms with Gasteiger partial charge in [0.15, 0.2) is 0 Å². The van der Waals surface area contributed by atoms with Gasteiger partial charge in [0.1, 0.15) is 5.82 Å². The van der Waals surface area contributed by atoms with Crippen LogP contribution in [0.4, 0.5) is 11.5 Å². The number of aromatic nitrogens is 1. The van der Waals surface area contributed by atoms with Gasteiger partial charge in [-0.3, -0.25) is 4.72 Å². The molecule has 0 fully saturated rings. The molecule has 0 spiro atoms. The maximum absolute atomic E-state index is 12.4. The molecule has 0 atom stereocenters. The molecular formula is C19H22ClN3O2S. The highest BCUT2D eigenvalue weighted by Crippen LogP contribution is 2.21. The molecule has 7 heteroatoms. The standard InChI is InChI=1S/C19H22ClN3O2S/c20-16-7-4-8-18(13-16)26(24,25)23-17-9-10-19(22-14-17)21-12-11-15-5-2-1-3-6-15/h4-5,7-10,13-14,23H,1-3,6,11-12H2,(H,21,22). The van der Waals surface area contributed by atoms with E-state index >= 15 is 0 Å². The molecular weight excluding hydrogens is 370 g/mol. The quantitative estimate of drug-likeness (QED) is 0.662. The molecule has 138 valence electrons. The molecule has 0 unspecified atom stereocenters. The van der Waals surface area contributed by atoms with Crippen molar-refractivity contribution in [3.8, 4) is 0 Å². The van der Waals surface area contributed by atoms with Crippen LogP contribution in [0.3, 0.4) is 0 Å². The third-order valence-corrected chi connectivity index (χ3v) is 5.87. The minimum Gasteiger partial charge on any atom is -0.370 e. The normalized spacial score (nSPS) is 14.6. The summed E-state index contributed by atoms with van der Waals surface area (Å²) in [5.74, 6) is 0.729. The van der Waals surface area contributed by atoms with E-state index in [2.05, 4.69) is 21.1 Å². The Labute approximate surface area is 159 Å². The van der Waals surface area contributed by atoms with E-state index in [4.69, 9.17) is 11.6 Å². The van der Waals surface area contributed by atoms with Crippen LogP contribution in [0.25, 0.3) is 0 Å².